The lowest BCUT2D eigenvalue weighted by Crippen LogP contribution is -2.23. The quantitative estimate of drug-likeness (QED) is 0.112. The Labute approximate surface area is 238 Å². The third-order valence-corrected chi connectivity index (χ3v) is 10.8. The molecule has 0 saturated heterocycles. The summed E-state index contributed by atoms with van der Waals surface area (Å²) in [5.41, 5.74) is 6.24. The zero-order valence-corrected chi connectivity index (χ0v) is 26.3. The first-order chi connectivity index (χ1) is 18.8. The standard InChI is InChI=1S/C37H56Si/c1-3-4-5-6-7-8-9-10-11-12-13-14-15-16-17-21-28-35-32(2)24-22-30-37(35)38-36-29-23-27-34(36)31-33-25-19-18-20-26-33/h18-20,22-27,30H,3-17,21,28-29,31,38H2,1-2H3. The molecule has 1 heteroatoms. The van der Waals surface area contributed by atoms with Crippen LogP contribution in [-0.4, -0.2) is 9.52 Å². The van der Waals surface area contributed by atoms with Gasteiger partial charge in [-0.25, -0.2) is 0 Å². The van der Waals surface area contributed by atoms with E-state index >= 15 is 0 Å². The normalized spacial score (nSPS) is 13.4. The van der Waals surface area contributed by atoms with Crippen LogP contribution in [-0.2, 0) is 12.8 Å². The Kier molecular flexibility index (Phi) is 15.5. The molecule has 38 heavy (non-hydrogen) atoms. The molecule has 2 aromatic carbocycles. The lowest BCUT2D eigenvalue weighted by molar-refractivity contribution is 0.529. The average Bonchev–Trinajstić information content (AvgIpc) is 3.36. The number of hydrogen-bond donors (Lipinski definition) is 0. The SMILES string of the molecule is CCCCCCCCCCCCCCCCCCc1c(C)cccc1[SiH2]C1=C(Cc2ccccc2)C=CC1. The molecule has 1 aliphatic rings. The largest absolute Gasteiger partial charge is 0.0835 e. The fourth-order valence-electron chi connectivity index (χ4n) is 6.14. The summed E-state index contributed by atoms with van der Waals surface area (Å²) in [4.78, 5) is 0. The summed E-state index contributed by atoms with van der Waals surface area (Å²) in [5.74, 6) is 0. The first-order valence-corrected chi connectivity index (χ1v) is 17.7. The van der Waals surface area contributed by atoms with Gasteiger partial charge in [-0.2, -0.15) is 0 Å². The zero-order chi connectivity index (χ0) is 26.7. The second-order valence-electron chi connectivity index (χ2n) is 11.8. The minimum Gasteiger partial charge on any atom is -0.0806 e. The Hall–Kier alpha value is -1.86. The number of benzene rings is 2. The molecule has 0 fully saturated rings. The number of rotatable bonds is 21. The van der Waals surface area contributed by atoms with Crippen molar-refractivity contribution in [2.45, 2.75) is 136 Å². The zero-order valence-electron chi connectivity index (χ0n) is 24.9. The second-order valence-corrected chi connectivity index (χ2v) is 13.8. The van der Waals surface area contributed by atoms with Crippen LogP contribution in [0.4, 0.5) is 0 Å². The van der Waals surface area contributed by atoms with Crippen molar-refractivity contribution in [1.29, 1.82) is 0 Å². The van der Waals surface area contributed by atoms with Gasteiger partial charge >= 0.3 is 0 Å². The first kappa shape index (κ1) is 30.7. The monoisotopic (exact) mass is 528 g/mol. The molecule has 208 valence electrons. The van der Waals surface area contributed by atoms with Crippen molar-refractivity contribution >= 4 is 14.7 Å². The lowest BCUT2D eigenvalue weighted by atomic mass is 10.0. The highest BCUT2D eigenvalue weighted by atomic mass is 28.2. The van der Waals surface area contributed by atoms with Gasteiger partial charge in [0.2, 0.25) is 0 Å². The van der Waals surface area contributed by atoms with Gasteiger partial charge in [0.05, 0.1) is 9.52 Å². The van der Waals surface area contributed by atoms with Gasteiger partial charge in [0.25, 0.3) is 0 Å². The van der Waals surface area contributed by atoms with E-state index in [2.05, 4.69) is 74.5 Å². The molecule has 0 aromatic heterocycles. The molecule has 0 radical (unpaired) electrons. The Balaban J connectivity index is 1.29. The Bertz CT molecular complexity index is 952. The van der Waals surface area contributed by atoms with Crippen molar-refractivity contribution in [2.24, 2.45) is 0 Å². The predicted octanol–water partition coefficient (Wildman–Crippen LogP) is 10.0. The molecule has 0 N–H and O–H groups in total. The second kappa shape index (κ2) is 19.2. The fraction of sp³-hybridized carbons (Fsp3) is 0.568. The molecule has 3 rings (SSSR count). The molecule has 0 nitrogen and oxygen atoms in total. The third kappa shape index (κ3) is 11.9. The van der Waals surface area contributed by atoms with Crippen molar-refractivity contribution in [3.63, 3.8) is 0 Å². The van der Waals surface area contributed by atoms with E-state index in [0.717, 1.165) is 6.42 Å². The molecule has 0 unspecified atom stereocenters. The summed E-state index contributed by atoms with van der Waals surface area (Å²) in [6.07, 6.45) is 31.4. The third-order valence-electron chi connectivity index (χ3n) is 8.57. The molecule has 0 heterocycles. The fourth-order valence-corrected chi connectivity index (χ4v) is 8.31. The smallest absolute Gasteiger partial charge is 0.0806 e. The summed E-state index contributed by atoms with van der Waals surface area (Å²) in [5, 5.41) is 3.46. The van der Waals surface area contributed by atoms with Crippen LogP contribution >= 0.6 is 0 Å². The summed E-state index contributed by atoms with van der Waals surface area (Å²) >= 11 is 0. The van der Waals surface area contributed by atoms with E-state index in [4.69, 9.17) is 0 Å². The van der Waals surface area contributed by atoms with E-state index in [0.29, 0.717) is 0 Å². The highest BCUT2D eigenvalue weighted by Gasteiger charge is 2.14. The highest BCUT2D eigenvalue weighted by molar-refractivity contribution is 6.62. The predicted molar refractivity (Wildman–Crippen MR) is 174 cm³/mol. The number of unbranched alkanes of at least 4 members (excludes halogenated alkanes) is 15. The number of hydrogen-bond acceptors (Lipinski definition) is 0. The Morgan fingerprint density at radius 1 is 0.632 bits per heavy atom. The van der Waals surface area contributed by atoms with E-state index in [1.54, 1.807) is 21.5 Å². The van der Waals surface area contributed by atoms with Crippen LogP contribution < -0.4 is 5.19 Å². The maximum Gasteiger partial charge on any atom is 0.0835 e. The van der Waals surface area contributed by atoms with E-state index in [9.17, 15) is 0 Å². The maximum absolute atomic E-state index is 2.45. The van der Waals surface area contributed by atoms with E-state index < -0.39 is 9.52 Å². The molecule has 0 aliphatic heterocycles. The van der Waals surface area contributed by atoms with Gasteiger partial charge in [-0.3, -0.25) is 0 Å². The first-order valence-electron chi connectivity index (χ1n) is 16.3. The van der Waals surface area contributed by atoms with Crippen molar-refractivity contribution < 1.29 is 0 Å². The number of allylic oxidation sites excluding steroid dienone is 4. The van der Waals surface area contributed by atoms with Crippen molar-refractivity contribution in [2.75, 3.05) is 0 Å². The lowest BCUT2D eigenvalue weighted by Gasteiger charge is -2.15. The highest BCUT2D eigenvalue weighted by Crippen LogP contribution is 2.23. The Morgan fingerprint density at radius 2 is 1.21 bits per heavy atom. The van der Waals surface area contributed by atoms with E-state index in [1.165, 1.54) is 127 Å². The van der Waals surface area contributed by atoms with Crippen LogP contribution in [0, 0.1) is 6.92 Å². The number of aryl methyl sites for hydroxylation is 1. The Morgan fingerprint density at radius 3 is 1.82 bits per heavy atom. The molecule has 0 spiro atoms. The molecular formula is C37H56Si. The van der Waals surface area contributed by atoms with Crippen LogP contribution in [0.1, 0.15) is 133 Å². The molecule has 0 atom stereocenters. The van der Waals surface area contributed by atoms with Gasteiger partial charge in [0, 0.05) is 0 Å². The molecule has 0 saturated carbocycles. The van der Waals surface area contributed by atoms with Gasteiger partial charge in [-0.1, -0.05) is 174 Å². The van der Waals surface area contributed by atoms with Crippen LogP contribution in [0.2, 0.25) is 0 Å². The summed E-state index contributed by atoms with van der Waals surface area (Å²) in [7, 11) is -0.398. The van der Waals surface area contributed by atoms with E-state index in [1.807, 2.05) is 0 Å². The van der Waals surface area contributed by atoms with Crippen LogP contribution in [0.3, 0.4) is 0 Å². The van der Waals surface area contributed by atoms with Crippen LogP contribution in [0.5, 0.6) is 0 Å². The van der Waals surface area contributed by atoms with Crippen LogP contribution in [0.15, 0.2) is 71.5 Å². The van der Waals surface area contributed by atoms with E-state index in [-0.39, 0.29) is 0 Å². The minimum absolute atomic E-state index is 0.398. The molecule has 0 amide bonds. The summed E-state index contributed by atoms with van der Waals surface area (Å²) in [6.45, 7) is 4.64. The summed E-state index contributed by atoms with van der Waals surface area (Å²) < 4.78 is 0. The topological polar surface area (TPSA) is 0 Å². The van der Waals surface area contributed by atoms with Crippen molar-refractivity contribution in [3.05, 3.63) is 88.1 Å². The van der Waals surface area contributed by atoms with Gasteiger partial charge in [-0.05, 0) is 54.9 Å². The van der Waals surface area contributed by atoms with Gasteiger partial charge < -0.3 is 0 Å². The molecular weight excluding hydrogens is 472 g/mol. The minimum atomic E-state index is -0.398. The van der Waals surface area contributed by atoms with Gasteiger partial charge in [0.15, 0.2) is 0 Å². The molecule has 0 bridgehead atoms. The van der Waals surface area contributed by atoms with Crippen molar-refractivity contribution in [3.8, 4) is 0 Å². The average molecular weight is 529 g/mol. The van der Waals surface area contributed by atoms with Gasteiger partial charge in [-0.15, -0.1) is 0 Å². The summed E-state index contributed by atoms with van der Waals surface area (Å²) in [6, 6.07) is 18.1. The molecule has 1 aliphatic carbocycles. The van der Waals surface area contributed by atoms with Crippen molar-refractivity contribution in [1.82, 2.24) is 0 Å². The van der Waals surface area contributed by atoms with Gasteiger partial charge in [0.1, 0.15) is 0 Å². The maximum atomic E-state index is 2.45. The van der Waals surface area contributed by atoms with Crippen LogP contribution in [0.25, 0.3) is 0 Å². The molecule has 2 aromatic rings.